The molecule has 23 heavy (non-hydrogen) atoms. The van der Waals surface area contributed by atoms with Gasteiger partial charge >= 0.3 is 12.0 Å². The predicted octanol–water partition coefficient (Wildman–Crippen LogP) is 3.61. The van der Waals surface area contributed by atoms with Gasteiger partial charge in [0.05, 0.1) is 4.47 Å². The Bertz CT molecular complexity index is 677. The summed E-state index contributed by atoms with van der Waals surface area (Å²) in [5.74, 6) is 2.54. The van der Waals surface area contributed by atoms with E-state index in [2.05, 4.69) is 31.2 Å². The van der Waals surface area contributed by atoms with Gasteiger partial charge in [0.25, 0.3) is 0 Å². The van der Waals surface area contributed by atoms with Gasteiger partial charge in [0.15, 0.2) is 0 Å². The number of aromatic nitrogens is 2. The molecule has 0 spiro atoms. The zero-order valence-corrected chi connectivity index (χ0v) is 14.6. The number of nitrogens with one attached hydrogen (secondary N) is 1. The van der Waals surface area contributed by atoms with Gasteiger partial charge in [-0.05, 0) is 28.1 Å². The van der Waals surface area contributed by atoms with Crippen LogP contribution < -0.4 is 10.1 Å². The summed E-state index contributed by atoms with van der Waals surface area (Å²) in [5, 5.41) is 2.90. The Hall–Kier alpha value is -1.80. The minimum Gasteiger partial charge on any atom is -0.424 e. The molecule has 1 aromatic heterocycles. The summed E-state index contributed by atoms with van der Waals surface area (Å²) in [6.07, 6.45) is 3.23. The molecule has 1 fully saturated rings. The third-order valence-corrected chi connectivity index (χ3v) is 4.54. The number of anilines is 1. The summed E-state index contributed by atoms with van der Waals surface area (Å²) in [5.41, 5.74) is 0.683. The lowest BCUT2D eigenvalue weighted by Crippen LogP contribution is -2.40. The molecule has 6 nitrogen and oxygen atoms in total. The van der Waals surface area contributed by atoms with E-state index in [9.17, 15) is 4.79 Å². The molecule has 1 aliphatic rings. The fourth-order valence-corrected chi connectivity index (χ4v) is 3.17. The minimum absolute atomic E-state index is 0.0812. The number of thioether (sulfide) groups is 1. The number of halogens is 1. The van der Waals surface area contributed by atoms with Crippen LogP contribution in [-0.4, -0.2) is 45.5 Å². The molecule has 120 valence electrons. The molecule has 0 atom stereocenters. The van der Waals surface area contributed by atoms with Gasteiger partial charge in [-0.2, -0.15) is 11.8 Å². The first-order valence-corrected chi connectivity index (χ1v) is 9.04. The summed E-state index contributed by atoms with van der Waals surface area (Å²) < 4.78 is 6.37. The number of benzene rings is 1. The monoisotopic (exact) mass is 394 g/mol. The van der Waals surface area contributed by atoms with E-state index >= 15 is 0 Å². The van der Waals surface area contributed by atoms with E-state index in [1.807, 2.05) is 28.8 Å². The van der Waals surface area contributed by atoms with Crippen LogP contribution in [0.3, 0.4) is 0 Å². The molecule has 0 unspecified atom stereocenters. The zero-order chi connectivity index (χ0) is 16.1. The molecule has 0 radical (unpaired) electrons. The maximum atomic E-state index is 12.2. The zero-order valence-electron chi connectivity index (χ0n) is 12.2. The fourth-order valence-electron chi connectivity index (χ4n) is 2.06. The normalized spacial score (nSPS) is 14.4. The van der Waals surface area contributed by atoms with Crippen LogP contribution in [0.1, 0.15) is 0 Å². The largest absolute Gasteiger partial charge is 0.424 e. The SMILES string of the molecule is O=C(Nc1cccc(Oc2ncc(Br)cn2)c1)N1CCSCC1. The van der Waals surface area contributed by atoms with Crippen molar-refractivity contribution >= 4 is 39.4 Å². The number of hydrogen-bond donors (Lipinski definition) is 1. The third kappa shape index (κ3) is 4.59. The summed E-state index contributed by atoms with van der Waals surface area (Å²) in [7, 11) is 0. The summed E-state index contributed by atoms with van der Waals surface area (Å²) in [4.78, 5) is 22.1. The second-order valence-electron chi connectivity index (χ2n) is 4.84. The number of hydrogen-bond acceptors (Lipinski definition) is 5. The number of urea groups is 1. The maximum Gasteiger partial charge on any atom is 0.321 e. The van der Waals surface area contributed by atoms with E-state index in [4.69, 9.17) is 4.74 Å². The molecule has 0 bridgehead atoms. The Kier molecular flexibility index (Phi) is 5.35. The molecule has 2 aromatic rings. The van der Waals surface area contributed by atoms with Crippen LogP contribution >= 0.6 is 27.7 Å². The Balaban J connectivity index is 1.64. The molecule has 1 aliphatic heterocycles. The summed E-state index contributed by atoms with van der Waals surface area (Å²) >= 11 is 5.14. The van der Waals surface area contributed by atoms with Crippen LogP contribution in [0.15, 0.2) is 41.1 Å². The number of amides is 2. The molecule has 8 heteroatoms. The van der Waals surface area contributed by atoms with Crippen LogP contribution in [0, 0.1) is 0 Å². The molecule has 1 aromatic carbocycles. The first-order chi connectivity index (χ1) is 11.2. The molecule has 1 N–H and O–H groups in total. The van der Waals surface area contributed by atoms with Gasteiger partial charge in [-0.25, -0.2) is 14.8 Å². The van der Waals surface area contributed by atoms with Gasteiger partial charge in [0.1, 0.15) is 5.75 Å². The van der Waals surface area contributed by atoms with Crippen LogP contribution in [0.4, 0.5) is 10.5 Å². The standard InChI is InChI=1S/C15H15BrN4O2S/c16-11-9-17-14(18-10-11)22-13-3-1-2-12(8-13)19-15(21)20-4-6-23-7-5-20/h1-3,8-10H,4-7H2,(H,19,21). The minimum atomic E-state index is -0.0812. The van der Waals surface area contributed by atoms with Gasteiger partial charge in [-0.15, -0.1) is 0 Å². The Morgan fingerprint density at radius 2 is 2.00 bits per heavy atom. The molecule has 0 saturated carbocycles. The number of rotatable bonds is 3. The van der Waals surface area contributed by atoms with E-state index in [0.29, 0.717) is 11.4 Å². The topological polar surface area (TPSA) is 67.3 Å². The number of carbonyl (C=O) groups excluding carboxylic acids is 1. The van der Waals surface area contributed by atoms with Crippen molar-refractivity contribution in [3.8, 4) is 11.8 Å². The molecule has 0 aliphatic carbocycles. The Morgan fingerprint density at radius 1 is 1.26 bits per heavy atom. The highest BCUT2D eigenvalue weighted by Crippen LogP contribution is 2.22. The average molecular weight is 395 g/mol. The quantitative estimate of drug-likeness (QED) is 0.860. The van der Waals surface area contributed by atoms with Crippen molar-refractivity contribution in [2.75, 3.05) is 29.9 Å². The first-order valence-electron chi connectivity index (χ1n) is 7.10. The molecular formula is C15H15BrN4O2S. The highest BCUT2D eigenvalue weighted by atomic mass is 79.9. The van der Waals surface area contributed by atoms with Gasteiger partial charge in [-0.3, -0.25) is 0 Å². The van der Waals surface area contributed by atoms with Crippen LogP contribution in [0.5, 0.6) is 11.8 Å². The first kappa shape index (κ1) is 16.1. The van der Waals surface area contributed by atoms with Crippen molar-refractivity contribution in [3.05, 3.63) is 41.1 Å². The van der Waals surface area contributed by atoms with Crippen molar-refractivity contribution in [3.63, 3.8) is 0 Å². The highest BCUT2D eigenvalue weighted by molar-refractivity contribution is 9.10. The maximum absolute atomic E-state index is 12.2. The highest BCUT2D eigenvalue weighted by Gasteiger charge is 2.16. The second-order valence-corrected chi connectivity index (χ2v) is 6.98. The van der Waals surface area contributed by atoms with Crippen LogP contribution in [0.2, 0.25) is 0 Å². The number of ether oxygens (including phenoxy) is 1. The van der Waals surface area contributed by atoms with Crippen molar-refractivity contribution in [2.45, 2.75) is 0 Å². The van der Waals surface area contributed by atoms with Gasteiger partial charge in [0.2, 0.25) is 0 Å². The summed E-state index contributed by atoms with van der Waals surface area (Å²) in [6.45, 7) is 1.55. The molecule has 2 amide bonds. The third-order valence-electron chi connectivity index (χ3n) is 3.19. The average Bonchev–Trinajstić information content (AvgIpc) is 2.58. The molecule has 1 saturated heterocycles. The lowest BCUT2D eigenvalue weighted by Gasteiger charge is -2.26. The van der Waals surface area contributed by atoms with E-state index < -0.39 is 0 Å². The Morgan fingerprint density at radius 3 is 2.74 bits per heavy atom. The number of carbonyl (C=O) groups is 1. The van der Waals surface area contributed by atoms with E-state index in [0.717, 1.165) is 29.1 Å². The molecule has 2 heterocycles. The van der Waals surface area contributed by atoms with E-state index in [1.54, 1.807) is 24.5 Å². The smallest absolute Gasteiger partial charge is 0.321 e. The fraction of sp³-hybridized carbons (Fsp3) is 0.267. The Labute approximate surface area is 146 Å². The van der Waals surface area contributed by atoms with Gasteiger partial charge in [0, 0.05) is 48.7 Å². The van der Waals surface area contributed by atoms with E-state index in [-0.39, 0.29) is 12.0 Å². The molecular weight excluding hydrogens is 380 g/mol. The molecule has 3 rings (SSSR count). The van der Waals surface area contributed by atoms with Crippen molar-refractivity contribution < 1.29 is 9.53 Å². The van der Waals surface area contributed by atoms with Crippen molar-refractivity contribution in [1.29, 1.82) is 0 Å². The van der Waals surface area contributed by atoms with Crippen LogP contribution in [0.25, 0.3) is 0 Å². The van der Waals surface area contributed by atoms with Crippen molar-refractivity contribution in [2.24, 2.45) is 0 Å². The van der Waals surface area contributed by atoms with Crippen molar-refractivity contribution in [1.82, 2.24) is 14.9 Å². The van der Waals surface area contributed by atoms with Gasteiger partial charge in [-0.1, -0.05) is 6.07 Å². The summed E-state index contributed by atoms with van der Waals surface area (Å²) in [6, 6.07) is 7.36. The lowest BCUT2D eigenvalue weighted by atomic mass is 10.3. The lowest BCUT2D eigenvalue weighted by molar-refractivity contribution is 0.217. The van der Waals surface area contributed by atoms with E-state index in [1.165, 1.54) is 0 Å². The predicted molar refractivity (Wildman–Crippen MR) is 94.2 cm³/mol. The van der Waals surface area contributed by atoms with Crippen LogP contribution in [-0.2, 0) is 0 Å². The van der Waals surface area contributed by atoms with Gasteiger partial charge < -0.3 is 15.0 Å². The number of nitrogens with zero attached hydrogens (tertiary/aromatic N) is 3. The second kappa shape index (κ2) is 7.65.